The first-order valence-electron chi connectivity index (χ1n) is 10.0. The summed E-state index contributed by atoms with van der Waals surface area (Å²) < 4.78 is 2.65. The number of nitrogens with zero attached hydrogens (tertiary/aromatic N) is 3. The number of para-hydroxylation sites is 1. The van der Waals surface area contributed by atoms with Crippen molar-refractivity contribution in [3.05, 3.63) is 75.9 Å². The van der Waals surface area contributed by atoms with E-state index >= 15 is 0 Å². The lowest BCUT2D eigenvalue weighted by atomic mass is 9.92. The van der Waals surface area contributed by atoms with Crippen molar-refractivity contribution in [2.75, 3.05) is 18.9 Å². The second-order valence-corrected chi connectivity index (χ2v) is 9.50. The van der Waals surface area contributed by atoms with Crippen LogP contribution in [-0.2, 0) is 10.2 Å². The molecule has 0 fully saturated rings. The van der Waals surface area contributed by atoms with Crippen molar-refractivity contribution in [2.24, 2.45) is 0 Å². The number of rotatable bonds is 5. The van der Waals surface area contributed by atoms with Crippen LogP contribution in [0.3, 0.4) is 0 Å². The summed E-state index contributed by atoms with van der Waals surface area (Å²) in [5.74, 6) is 0.0716. The predicted molar refractivity (Wildman–Crippen MR) is 127 cm³/mol. The molecule has 31 heavy (non-hydrogen) atoms. The maximum Gasteiger partial charge on any atom is 0.254 e. The van der Waals surface area contributed by atoms with Crippen LogP contribution in [0.2, 0.25) is 0 Å². The first-order valence-corrected chi connectivity index (χ1v) is 10.8. The van der Waals surface area contributed by atoms with Crippen LogP contribution in [0.25, 0.3) is 5.69 Å². The summed E-state index contributed by atoms with van der Waals surface area (Å²) in [6.45, 7) is 8.16. The smallest absolute Gasteiger partial charge is 0.254 e. The highest BCUT2D eigenvalue weighted by Gasteiger charge is 2.23. The Bertz CT molecular complexity index is 1100. The summed E-state index contributed by atoms with van der Waals surface area (Å²) in [4.78, 5) is 26.8. The van der Waals surface area contributed by atoms with Gasteiger partial charge in [-0.3, -0.25) is 9.59 Å². The minimum Gasteiger partial charge on any atom is -0.332 e. The van der Waals surface area contributed by atoms with Gasteiger partial charge < -0.3 is 10.2 Å². The molecule has 0 bridgehead atoms. The van der Waals surface area contributed by atoms with Crippen molar-refractivity contribution in [1.82, 2.24) is 14.7 Å². The summed E-state index contributed by atoms with van der Waals surface area (Å²) in [7, 11) is 1.61. The zero-order valence-electron chi connectivity index (χ0n) is 18.4. The van der Waals surface area contributed by atoms with Crippen LogP contribution >= 0.6 is 15.9 Å². The molecule has 2 aromatic carbocycles. The summed E-state index contributed by atoms with van der Waals surface area (Å²) in [6.07, 6.45) is 0. The van der Waals surface area contributed by atoms with E-state index in [-0.39, 0.29) is 23.8 Å². The van der Waals surface area contributed by atoms with Crippen LogP contribution in [0, 0.1) is 6.92 Å². The number of carbonyl (C=O) groups excluding carboxylic acids is 2. The fourth-order valence-electron chi connectivity index (χ4n) is 3.10. The Kier molecular flexibility index (Phi) is 6.65. The molecule has 6 nitrogen and oxygen atoms in total. The molecule has 0 aliphatic carbocycles. The van der Waals surface area contributed by atoms with E-state index in [1.54, 1.807) is 36.0 Å². The van der Waals surface area contributed by atoms with Crippen molar-refractivity contribution in [2.45, 2.75) is 33.1 Å². The molecule has 1 aromatic heterocycles. The van der Waals surface area contributed by atoms with Gasteiger partial charge in [0.15, 0.2) is 0 Å². The Balaban J connectivity index is 1.82. The number of anilines is 1. The van der Waals surface area contributed by atoms with Crippen LogP contribution in [0.5, 0.6) is 0 Å². The van der Waals surface area contributed by atoms with E-state index in [1.807, 2.05) is 37.3 Å². The molecule has 3 aromatic rings. The van der Waals surface area contributed by atoms with Crippen LogP contribution in [0.4, 0.5) is 5.82 Å². The average Bonchev–Trinajstić information content (AvgIpc) is 3.12. The van der Waals surface area contributed by atoms with E-state index in [4.69, 9.17) is 5.10 Å². The number of hydrogen-bond donors (Lipinski definition) is 1. The molecular weight excluding hydrogens is 456 g/mol. The number of aromatic nitrogens is 2. The summed E-state index contributed by atoms with van der Waals surface area (Å²) >= 11 is 3.36. The van der Waals surface area contributed by atoms with Gasteiger partial charge in [-0.05, 0) is 42.8 Å². The molecule has 0 aliphatic rings. The Hall–Kier alpha value is -2.93. The second kappa shape index (κ2) is 9.06. The normalized spacial score (nSPS) is 11.3. The number of aryl methyl sites for hydroxylation is 1. The van der Waals surface area contributed by atoms with Gasteiger partial charge in [0.1, 0.15) is 5.82 Å². The van der Waals surface area contributed by atoms with E-state index in [0.29, 0.717) is 11.4 Å². The molecule has 2 amide bonds. The van der Waals surface area contributed by atoms with Crippen LogP contribution in [-0.4, -0.2) is 40.1 Å². The zero-order valence-corrected chi connectivity index (χ0v) is 20.0. The predicted octanol–water partition coefficient (Wildman–Crippen LogP) is 4.95. The lowest BCUT2D eigenvalue weighted by Crippen LogP contribution is -2.35. The molecule has 0 radical (unpaired) electrons. The fraction of sp³-hybridized carbons (Fsp3) is 0.292. The third-order valence-corrected chi connectivity index (χ3v) is 5.44. The van der Waals surface area contributed by atoms with E-state index in [1.165, 1.54) is 4.90 Å². The number of nitrogens with one attached hydrogen (secondary N) is 1. The zero-order chi connectivity index (χ0) is 22.8. The third kappa shape index (κ3) is 5.41. The van der Waals surface area contributed by atoms with Gasteiger partial charge in [0.05, 0.1) is 17.9 Å². The van der Waals surface area contributed by atoms with E-state index < -0.39 is 0 Å². The van der Waals surface area contributed by atoms with Gasteiger partial charge in [-0.15, -0.1) is 0 Å². The minimum atomic E-state index is -0.289. The molecule has 1 heterocycles. The number of benzene rings is 2. The van der Waals surface area contributed by atoms with E-state index in [0.717, 1.165) is 21.4 Å². The standard InChI is InChI=1S/C24H27BrN4O2/c1-16-8-6-7-9-19(16)29-21(14-20(27-29)24(2,3)4)26-22(30)15-28(5)23(31)17-10-12-18(25)13-11-17/h6-14H,15H2,1-5H3,(H,26,30). The summed E-state index contributed by atoms with van der Waals surface area (Å²) in [6, 6.07) is 16.8. The van der Waals surface area contributed by atoms with Crippen LogP contribution in [0.1, 0.15) is 42.4 Å². The maximum absolute atomic E-state index is 12.8. The van der Waals surface area contributed by atoms with Gasteiger partial charge in [-0.25, -0.2) is 4.68 Å². The maximum atomic E-state index is 12.8. The second-order valence-electron chi connectivity index (χ2n) is 8.58. The highest BCUT2D eigenvalue weighted by Crippen LogP contribution is 2.27. The van der Waals surface area contributed by atoms with Gasteiger partial charge >= 0.3 is 0 Å². The first kappa shape index (κ1) is 22.7. The monoisotopic (exact) mass is 482 g/mol. The lowest BCUT2D eigenvalue weighted by Gasteiger charge is -2.17. The van der Waals surface area contributed by atoms with Crippen LogP contribution in [0.15, 0.2) is 59.1 Å². The van der Waals surface area contributed by atoms with Crippen molar-refractivity contribution in [3.8, 4) is 5.69 Å². The Morgan fingerprint density at radius 2 is 1.74 bits per heavy atom. The molecule has 0 unspecified atom stereocenters. The third-order valence-electron chi connectivity index (χ3n) is 4.91. The van der Waals surface area contributed by atoms with Crippen LogP contribution < -0.4 is 5.32 Å². The number of hydrogen-bond acceptors (Lipinski definition) is 3. The van der Waals surface area contributed by atoms with Gasteiger partial charge in [0.25, 0.3) is 5.91 Å². The van der Waals surface area contributed by atoms with Crippen molar-refractivity contribution < 1.29 is 9.59 Å². The largest absolute Gasteiger partial charge is 0.332 e. The number of amides is 2. The molecular formula is C24H27BrN4O2. The molecule has 0 saturated carbocycles. The molecule has 0 atom stereocenters. The lowest BCUT2D eigenvalue weighted by molar-refractivity contribution is -0.116. The van der Waals surface area contributed by atoms with E-state index in [2.05, 4.69) is 42.0 Å². The van der Waals surface area contributed by atoms with Crippen molar-refractivity contribution in [3.63, 3.8) is 0 Å². The number of carbonyl (C=O) groups is 2. The topological polar surface area (TPSA) is 67.2 Å². The minimum absolute atomic E-state index is 0.0707. The SMILES string of the molecule is Cc1ccccc1-n1nc(C(C)(C)C)cc1NC(=O)CN(C)C(=O)c1ccc(Br)cc1. The van der Waals surface area contributed by atoms with Gasteiger partial charge in [-0.1, -0.05) is 54.9 Å². The number of likely N-dealkylation sites (N-methyl/N-ethyl adjacent to an activating group) is 1. The Morgan fingerprint density at radius 1 is 1.10 bits per heavy atom. The fourth-order valence-corrected chi connectivity index (χ4v) is 3.37. The Morgan fingerprint density at radius 3 is 2.35 bits per heavy atom. The van der Waals surface area contributed by atoms with Crippen molar-refractivity contribution >= 4 is 33.6 Å². The Labute approximate surface area is 191 Å². The highest BCUT2D eigenvalue weighted by molar-refractivity contribution is 9.10. The molecule has 7 heteroatoms. The molecule has 0 spiro atoms. The first-order chi connectivity index (χ1) is 14.6. The quantitative estimate of drug-likeness (QED) is 0.559. The molecule has 3 rings (SSSR count). The molecule has 1 N–H and O–H groups in total. The van der Waals surface area contributed by atoms with Gasteiger partial charge in [-0.2, -0.15) is 5.10 Å². The molecule has 162 valence electrons. The number of halogens is 1. The molecule has 0 saturated heterocycles. The summed E-state index contributed by atoms with van der Waals surface area (Å²) in [5.41, 5.74) is 3.15. The average molecular weight is 483 g/mol. The van der Waals surface area contributed by atoms with Gasteiger partial charge in [0, 0.05) is 28.6 Å². The van der Waals surface area contributed by atoms with Crippen molar-refractivity contribution in [1.29, 1.82) is 0 Å². The summed E-state index contributed by atoms with van der Waals surface area (Å²) in [5, 5.41) is 7.69. The molecule has 0 aliphatic heterocycles. The highest BCUT2D eigenvalue weighted by atomic mass is 79.9. The van der Waals surface area contributed by atoms with E-state index in [9.17, 15) is 9.59 Å². The van der Waals surface area contributed by atoms with Gasteiger partial charge in [0.2, 0.25) is 5.91 Å².